The fraction of sp³-hybridized carbons (Fsp3) is 0.818. The van der Waals surface area contributed by atoms with E-state index in [1.165, 1.54) is 7.11 Å². The Morgan fingerprint density at radius 1 is 1.38 bits per heavy atom. The summed E-state index contributed by atoms with van der Waals surface area (Å²) in [7, 11) is 1.35. The molecule has 1 aliphatic heterocycles. The summed E-state index contributed by atoms with van der Waals surface area (Å²) in [5.74, 6) is -0.332. The number of urea groups is 1. The SMILES string of the molecule is COC(=O)C1CCCN1C(=O)NC(C)(C)C. The molecule has 0 spiro atoms. The molecule has 1 unspecified atom stereocenters. The highest BCUT2D eigenvalue weighted by Crippen LogP contribution is 2.19. The molecule has 0 bridgehead atoms. The van der Waals surface area contributed by atoms with Crippen molar-refractivity contribution in [3.8, 4) is 0 Å². The number of esters is 1. The first-order valence-corrected chi connectivity index (χ1v) is 5.52. The predicted molar refractivity (Wildman–Crippen MR) is 60.0 cm³/mol. The van der Waals surface area contributed by atoms with Gasteiger partial charge < -0.3 is 15.0 Å². The molecule has 0 aliphatic carbocycles. The molecule has 0 saturated carbocycles. The van der Waals surface area contributed by atoms with Crippen molar-refractivity contribution in [3.05, 3.63) is 0 Å². The maximum atomic E-state index is 11.9. The van der Waals surface area contributed by atoms with Crippen molar-refractivity contribution in [1.29, 1.82) is 0 Å². The monoisotopic (exact) mass is 228 g/mol. The summed E-state index contributed by atoms with van der Waals surface area (Å²) in [6.45, 7) is 6.35. The van der Waals surface area contributed by atoms with Gasteiger partial charge in [-0.2, -0.15) is 0 Å². The third kappa shape index (κ3) is 3.12. The second-order valence-electron chi connectivity index (χ2n) is 5.05. The van der Waals surface area contributed by atoms with Gasteiger partial charge >= 0.3 is 12.0 Å². The van der Waals surface area contributed by atoms with Crippen LogP contribution in [-0.2, 0) is 9.53 Å². The van der Waals surface area contributed by atoms with Crippen LogP contribution in [0.1, 0.15) is 33.6 Å². The number of amides is 2. The highest BCUT2D eigenvalue weighted by molar-refractivity contribution is 5.84. The van der Waals surface area contributed by atoms with Gasteiger partial charge in [-0.25, -0.2) is 9.59 Å². The van der Waals surface area contributed by atoms with Gasteiger partial charge in [0.05, 0.1) is 7.11 Å². The van der Waals surface area contributed by atoms with Crippen molar-refractivity contribution in [2.45, 2.75) is 45.2 Å². The van der Waals surface area contributed by atoms with E-state index in [1.54, 1.807) is 4.90 Å². The van der Waals surface area contributed by atoms with E-state index in [0.29, 0.717) is 13.0 Å². The Kier molecular flexibility index (Phi) is 3.78. The van der Waals surface area contributed by atoms with Crippen LogP contribution in [0.25, 0.3) is 0 Å². The first kappa shape index (κ1) is 12.8. The molecule has 1 aliphatic rings. The maximum Gasteiger partial charge on any atom is 0.328 e. The van der Waals surface area contributed by atoms with Gasteiger partial charge in [0, 0.05) is 12.1 Å². The van der Waals surface area contributed by atoms with E-state index >= 15 is 0 Å². The van der Waals surface area contributed by atoms with E-state index in [-0.39, 0.29) is 17.5 Å². The molecule has 1 atom stereocenters. The van der Waals surface area contributed by atoms with Crippen LogP contribution in [0.15, 0.2) is 0 Å². The molecular formula is C11H20N2O3. The molecule has 5 nitrogen and oxygen atoms in total. The molecule has 1 N–H and O–H groups in total. The smallest absolute Gasteiger partial charge is 0.328 e. The molecule has 1 rings (SSSR count). The third-order valence-corrected chi connectivity index (χ3v) is 2.47. The fourth-order valence-corrected chi connectivity index (χ4v) is 1.78. The Bertz CT molecular complexity index is 283. The number of carbonyl (C=O) groups excluding carboxylic acids is 2. The zero-order valence-electron chi connectivity index (χ0n) is 10.4. The van der Waals surface area contributed by atoms with Crippen LogP contribution < -0.4 is 5.32 Å². The van der Waals surface area contributed by atoms with Gasteiger partial charge in [-0.1, -0.05) is 0 Å². The molecule has 16 heavy (non-hydrogen) atoms. The Balaban J connectivity index is 2.65. The van der Waals surface area contributed by atoms with Crippen LogP contribution >= 0.6 is 0 Å². The molecule has 1 fully saturated rings. The van der Waals surface area contributed by atoms with Crippen molar-refractivity contribution in [2.75, 3.05) is 13.7 Å². The van der Waals surface area contributed by atoms with Crippen LogP contribution in [0, 0.1) is 0 Å². The molecule has 0 aromatic carbocycles. The van der Waals surface area contributed by atoms with Crippen molar-refractivity contribution < 1.29 is 14.3 Å². The van der Waals surface area contributed by atoms with Crippen LogP contribution in [0.4, 0.5) is 4.79 Å². The number of methoxy groups -OCH3 is 1. The van der Waals surface area contributed by atoms with E-state index < -0.39 is 6.04 Å². The predicted octanol–water partition coefficient (Wildman–Crippen LogP) is 1.13. The molecule has 1 heterocycles. The van der Waals surface area contributed by atoms with E-state index in [1.807, 2.05) is 20.8 Å². The molecular weight excluding hydrogens is 208 g/mol. The molecule has 0 aromatic heterocycles. The van der Waals surface area contributed by atoms with Gasteiger partial charge in [0.1, 0.15) is 6.04 Å². The Morgan fingerprint density at radius 3 is 2.50 bits per heavy atom. The number of nitrogens with zero attached hydrogens (tertiary/aromatic N) is 1. The number of hydrogen-bond donors (Lipinski definition) is 1. The second kappa shape index (κ2) is 4.72. The van der Waals surface area contributed by atoms with Crippen molar-refractivity contribution in [3.63, 3.8) is 0 Å². The number of nitrogens with one attached hydrogen (secondary N) is 1. The Labute approximate surface area is 96.1 Å². The summed E-state index contributed by atoms with van der Waals surface area (Å²) in [6, 6.07) is -0.618. The molecule has 5 heteroatoms. The lowest BCUT2D eigenvalue weighted by Gasteiger charge is -2.28. The second-order valence-corrected chi connectivity index (χ2v) is 5.05. The van der Waals surface area contributed by atoms with Gasteiger partial charge in [0.25, 0.3) is 0 Å². The maximum absolute atomic E-state index is 11.9. The zero-order chi connectivity index (χ0) is 12.3. The summed E-state index contributed by atoms with van der Waals surface area (Å²) >= 11 is 0. The Morgan fingerprint density at radius 2 is 2.00 bits per heavy atom. The quantitative estimate of drug-likeness (QED) is 0.684. The lowest BCUT2D eigenvalue weighted by molar-refractivity contribution is -0.144. The van der Waals surface area contributed by atoms with E-state index in [2.05, 4.69) is 10.1 Å². The summed E-state index contributed by atoms with van der Waals surface area (Å²) in [5, 5.41) is 2.85. The highest BCUT2D eigenvalue weighted by atomic mass is 16.5. The lowest BCUT2D eigenvalue weighted by Crippen LogP contribution is -2.51. The number of rotatable bonds is 1. The first-order valence-electron chi connectivity index (χ1n) is 5.52. The van der Waals surface area contributed by atoms with Gasteiger partial charge in [0.2, 0.25) is 0 Å². The lowest BCUT2D eigenvalue weighted by atomic mass is 10.1. The minimum Gasteiger partial charge on any atom is -0.467 e. The fourth-order valence-electron chi connectivity index (χ4n) is 1.78. The van der Waals surface area contributed by atoms with Crippen LogP contribution in [-0.4, -0.2) is 42.1 Å². The topological polar surface area (TPSA) is 58.6 Å². The summed E-state index contributed by atoms with van der Waals surface area (Å²) in [5.41, 5.74) is -0.291. The summed E-state index contributed by atoms with van der Waals surface area (Å²) < 4.78 is 4.68. The van der Waals surface area contributed by atoms with Crippen LogP contribution in [0.2, 0.25) is 0 Å². The normalized spacial score (nSPS) is 20.8. The minimum absolute atomic E-state index is 0.194. The summed E-state index contributed by atoms with van der Waals surface area (Å²) in [6.07, 6.45) is 1.53. The molecule has 2 amide bonds. The van der Waals surface area contributed by atoms with Crippen LogP contribution in [0.3, 0.4) is 0 Å². The average Bonchev–Trinajstić information content (AvgIpc) is 2.62. The third-order valence-electron chi connectivity index (χ3n) is 2.47. The number of likely N-dealkylation sites (tertiary alicyclic amines) is 1. The first-order chi connectivity index (χ1) is 7.35. The van der Waals surface area contributed by atoms with Crippen molar-refractivity contribution in [2.24, 2.45) is 0 Å². The highest BCUT2D eigenvalue weighted by Gasteiger charge is 2.35. The van der Waals surface area contributed by atoms with Crippen molar-refractivity contribution in [1.82, 2.24) is 10.2 Å². The zero-order valence-corrected chi connectivity index (χ0v) is 10.4. The Hall–Kier alpha value is -1.26. The molecule has 92 valence electrons. The summed E-state index contributed by atoms with van der Waals surface area (Å²) in [4.78, 5) is 24.9. The van der Waals surface area contributed by atoms with Gasteiger partial charge in [-0.05, 0) is 33.6 Å². The van der Waals surface area contributed by atoms with Gasteiger partial charge in [-0.15, -0.1) is 0 Å². The molecule has 1 saturated heterocycles. The van der Waals surface area contributed by atoms with E-state index in [9.17, 15) is 9.59 Å². The molecule has 0 radical (unpaired) electrons. The molecule has 0 aromatic rings. The van der Waals surface area contributed by atoms with E-state index in [4.69, 9.17) is 0 Å². The average molecular weight is 228 g/mol. The van der Waals surface area contributed by atoms with Crippen molar-refractivity contribution >= 4 is 12.0 Å². The number of hydrogen-bond acceptors (Lipinski definition) is 3. The van der Waals surface area contributed by atoms with Crippen LogP contribution in [0.5, 0.6) is 0 Å². The number of carbonyl (C=O) groups is 2. The van der Waals surface area contributed by atoms with Gasteiger partial charge in [0.15, 0.2) is 0 Å². The minimum atomic E-state index is -0.424. The number of ether oxygens (including phenoxy) is 1. The largest absolute Gasteiger partial charge is 0.467 e. The van der Waals surface area contributed by atoms with E-state index in [0.717, 1.165) is 6.42 Å². The standard InChI is InChI=1S/C11H20N2O3/c1-11(2,3)12-10(15)13-7-5-6-8(13)9(14)16-4/h8H,5-7H2,1-4H3,(H,12,15). The van der Waals surface area contributed by atoms with Gasteiger partial charge in [-0.3, -0.25) is 0 Å².